The quantitative estimate of drug-likeness (QED) is 0.836. The van der Waals surface area contributed by atoms with Crippen molar-refractivity contribution in [3.05, 3.63) is 71.5 Å². The lowest BCUT2D eigenvalue weighted by molar-refractivity contribution is -0.130. The molecule has 22 heavy (non-hydrogen) atoms. The van der Waals surface area contributed by atoms with Gasteiger partial charge in [-0.3, -0.25) is 4.79 Å². The van der Waals surface area contributed by atoms with Crippen LogP contribution in [0, 0.1) is 5.82 Å². The fraction of sp³-hybridized carbons (Fsp3) is 0.316. The zero-order valence-electron chi connectivity index (χ0n) is 12.5. The van der Waals surface area contributed by atoms with Gasteiger partial charge in [-0.15, -0.1) is 0 Å². The van der Waals surface area contributed by atoms with Crippen molar-refractivity contribution < 1.29 is 9.18 Å². The third-order valence-corrected chi connectivity index (χ3v) is 4.32. The van der Waals surface area contributed by atoms with Gasteiger partial charge in [0.1, 0.15) is 5.82 Å². The highest BCUT2D eigenvalue weighted by molar-refractivity contribution is 5.78. The molecule has 0 saturated carbocycles. The van der Waals surface area contributed by atoms with Crippen molar-refractivity contribution in [1.82, 2.24) is 4.90 Å². The molecule has 1 amide bonds. The number of hydrogen-bond acceptors (Lipinski definition) is 1. The molecular weight excluding hydrogens is 277 g/mol. The first-order valence-corrected chi connectivity index (χ1v) is 7.83. The summed E-state index contributed by atoms with van der Waals surface area (Å²) in [4.78, 5) is 14.4. The van der Waals surface area contributed by atoms with Crippen molar-refractivity contribution in [2.24, 2.45) is 0 Å². The van der Waals surface area contributed by atoms with Crippen LogP contribution in [0.5, 0.6) is 0 Å². The molecule has 0 radical (unpaired) electrons. The monoisotopic (exact) mass is 297 g/mol. The molecule has 2 aromatic rings. The van der Waals surface area contributed by atoms with Crippen molar-refractivity contribution in [1.29, 1.82) is 0 Å². The van der Waals surface area contributed by atoms with E-state index < -0.39 is 0 Å². The van der Waals surface area contributed by atoms with Gasteiger partial charge in [0.15, 0.2) is 0 Å². The third-order valence-electron chi connectivity index (χ3n) is 4.32. The molecule has 1 aliphatic heterocycles. The summed E-state index contributed by atoms with van der Waals surface area (Å²) in [6.45, 7) is 1.66. The summed E-state index contributed by atoms with van der Waals surface area (Å²) in [6, 6.07) is 16.5. The van der Waals surface area contributed by atoms with Crippen molar-refractivity contribution in [3.63, 3.8) is 0 Å². The van der Waals surface area contributed by atoms with Crippen LogP contribution < -0.4 is 0 Å². The highest BCUT2D eigenvalue weighted by Crippen LogP contribution is 2.30. The Kier molecular flexibility index (Phi) is 4.52. The third kappa shape index (κ3) is 3.19. The second-order valence-electron chi connectivity index (χ2n) is 5.78. The Morgan fingerprint density at radius 3 is 2.32 bits per heavy atom. The van der Waals surface area contributed by atoms with E-state index in [-0.39, 0.29) is 17.6 Å². The van der Waals surface area contributed by atoms with Gasteiger partial charge in [-0.05, 0) is 30.0 Å². The highest BCUT2D eigenvalue weighted by atomic mass is 19.1. The maximum atomic E-state index is 14.2. The summed E-state index contributed by atoms with van der Waals surface area (Å²) >= 11 is 0. The van der Waals surface area contributed by atoms with Crippen LogP contribution in [0.3, 0.4) is 0 Å². The molecule has 1 atom stereocenters. The first-order chi connectivity index (χ1) is 10.8. The minimum absolute atomic E-state index is 0.120. The second-order valence-corrected chi connectivity index (χ2v) is 5.78. The van der Waals surface area contributed by atoms with Crippen molar-refractivity contribution in [2.45, 2.75) is 25.2 Å². The average Bonchev–Trinajstić information content (AvgIpc) is 3.09. The first kappa shape index (κ1) is 14.8. The molecule has 0 bridgehead atoms. The second kappa shape index (κ2) is 6.73. The zero-order valence-corrected chi connectivity index (χ0v) is 12.5. The van der Waals surface area contributed by atoms with E-state index in [4.69, 9.17) is 0 Å². The fourth-order valence-electron chi connectivity index (χ4n) is 3.12. The van der Waals surface area contributed by atoms with Gasteiger partial charge in [0.05, 0.1) is 0 Å². The number of hydrogen-bond donors (Lipinski definition) is 0. The summed E-state index contributed by atoms with van der Waals surface area (Å²) in [5, 5.41) is 0. The molecule has 1 saturated heterocycles. The molecule has 2 aromatic carbocycles. The normalized spacial score (nSPS) is 15.8. The number of carbonyl (C=O) groups excluding carboxylic acids is 1. The Bertz CT molecular complexity index is 635. The highest BCUT2D eigenvalue weighted by Gasteiger charge is 2.25. The minimum Gasteiger partial charge on any atom is -0.343 e. The molecule has 1 fully saturated rings. The molecule has 3 rings (SSSR count). The van der Waals surface area contributed by atoms with E-state index in [1.165, 1.54) is 6.07 Å². The van der Waals surface area contributed by atoms with Crippen LogP contribution >= 0.6 is 0 Å². The topological polar surface area (TPSA) is 20.3 Å². The average molecular weight is 297 g/mol. The SMILES string of the molecule is O=C(C[C@@H](c1ccccc1)c1ccccc1F)N1CCCC1. The summed E-state index contributed by atoms with van der Waals surface area (Å²) in [5.41, 5.74) is 1.58. The van der Waals surface area contributed by atoms with Crippen molar-refractivity contribution in [2.75, 3.05) is 13.1 Å². The molecule has 114 valence electrons. The molecule has 1 heterocycles. The number of likely N-dealkylation sites (tertiary alicyclic amines) is 1. The molecule has 3 heteroatoms. The van der Waals surface area contributed by atoms with Crippen molar-refractivity contribution in [3.8, 4) is 0 Å². The predicted molar refractivity (Wildman–Crippen MR) is 85.1 cm³/mol. The first-order valence-electron chi connectivity index (χ1n) is 7.83. The smallest absolute Gasteiger partial charge is 0.223 e. The molecular formula is C19H20FNO. The molecule has 1 aliphatic rings. The molecule has 0 unspecified atom stereocenters. The Morgan fingerprint density at radius 1 is 1.00 bits per heavy atom. The lowest BCUT2D eigenvalue weighted by Crippen LogP contribution is -2.29. The fourth-order valence-corrected chi connectivity index (χ4v) is 3.12. The maximum absolute atomic E-state index is 14.2. The van der Waals surface area contributed by atoms with Gasteiger partial charge in [-0.25, -0.2) is 4.39 Å². The van der Waals surface area contributed by atoms with Gasteiger partial charge in [0.25, 0.3) is 0 Å². The number of halogens is 1. The Hall–Kier alpha value is -2.16. The van der Waals surface area contributed by atoms with Gasteiger partial charge in [-0.2, -0.15) is 0 Å². The Labute approximate surface area is 130 Å². The van der Waals surface area contributed by atoms with Crippen LogP contribution in [0.2, 0.25) is 0 Å². The van der Waals surface area contributed by atoms with Crippen LogP contribution in [-0.2, 0) is 4.79 Å². The summed E-state index contributed by atoms with van der Waals surface area (Å²) in [6.07, 6.45) is 2.47. The molecule has 2 nitrogen and oxygen atoms in total. The number of benzene rings is 2. The number of carbonyl (C=O) groups is 1. The van der Waals surface area contributed by atoms with Gasteiger partial charge in [0.2, 0.25) is 5.91 Å². The van der Waals surface area contributed by atoms with Gasteiger partial charge >= 0.3 is 0 Å². The van der Waals surface area contributed by atoms with Crippen LogP contribution in [0.1, 0.15) is 36.3 Å². The van der Waals surface area contributed by atoms with Crippen LogP contribution in [0.25, 0.3) is 0 Å². The van der Waals surface area contributed by atoms with E-state index in [2.05, 4.69) is 0 Å². The van der Waals surface area contributed by atoms with Gasteiger partial charge in [-0.1, -0.05) is 48.5 Å². The van der Waals surface area contributed by atoms with Crippen LogP contribution in [-0.4, -0.2) is 23.9 Å². The van der Waals surface area contributed by atoms with Gasteiger partial charge < -0.3 is 4.90 Å². The largest absolute Gasteiger partial charge is 0.343 e. The standard InChI is InChI=1S/C19H20FNO/c20-18-11-5-4-10-16(18)17(15-8-2-1-3-9-15)14-19(22)21-12-6-7-13-21/h1-5,8-11,17H,6-7,12-14H2/t17-/m0/s1. The van der Waals surface area contributed by atoms with E-state index in [0.29, 0.717) is 12.0 Å². The summed E-state index contributed by atoms with van der Waals surface area (Å²) < 4.78 is 14.2. The maximum Gasteiger partial charge on any atom is 0.223 e. The summed E-state index contributed by atoms with van der Waals surface area (Å²) in [5.74, 6) is -0.351. The lowest BCUT2D eigenvalue weighted by Gasteiger charge is -2.22. The molecule has 0 spiro atoms. The molecule has 0 aromatic heterocycles. The molecule has 0 aliphatic carbocycles. The van der Waals surface area contributed by atoms with E-state index >= 15 is 0 Å². The predicted octanol–water partition coefficient (Wildman–Crippen LogP) is 3.97. The minimum atomic E-state index is -0.245. The zero-order chi connectivity index (χ0) is 15.4. The number of nitrogens with zero attached hydrogens (tertiary/aromatic N) is 1. The van der Waals surface area contributed by atoms with E-state index in [1.54, 1.807) is 12.1 Å². The Morgan fingerprint density at radius 2 is 1.64 bits per heavy atom. The lowest BCUT2D eigenvalue weighted by atomic mass is 9.88. The Balaban J connectivity index is 1.90. The van der Waals surface area contributed by atoms with Crippen molar-refractivity contribution >= 4 is 5.91 Å². The summed E-state index contributed by atoms with van der Waals surface area (Å²) in [7, 11) is 0. The van der Waals surface area contributed by atoms with E-state index in [0.717, 1.165) is 31.5 Å². The van der Waals surface area contributed by atoms with Gasteiger partial charge in [0, 0.05) is 25.4 Å². The van der Waals surface area contributed by atoms with Crippen LogP contribution in [0.4, 0.5) is 4.39 Å². The van der Waals surface area contributed by atoms with Crippen LogP contribution in [0.15, 0.2) is 54.6 Å². The molecule has 0 N–H and O–H groups in total. The van der Waals surface area contributed by atoms with E-state index in [9.17, 15) is 9.18 Å². The van der Waals surface area contributed by atoms with E-state index in [1.807, 2.05) is 41.3 Å². The number of amides is 1. The number of rotatable bonds is 4.